The third-order valence-corrected chi connectivity index (χ3v) is 4.33. The van der Waals surface area contributed by atoms with Gasteiger partial charge in [0.15, 0.2) is 0 Å². The summed E-state index contributed by atoms with van der Waals surface area (Å²) in [6.07, 6.45) is 6.11. The number of hydrogen-bond donors (Lipinski definition) is 0. The number of thiazole rings is 1. The zero-order chi connectivity index (χ0) is 13.2. The molecule has 1 aliphatic heterocycles. The number of rotatable bonds is 3. The largest absolute Gasteiger partial charge is 0.289 e. The molecule has 1 atom stereocenters. The van der Waals surface area contributed by atoms with Crippen molar-refractivity contribution in [1.82, 2.24) is 19.9 Å². The molecule has 0 amide bonds. The van der Waals surface area contributed by atoms with E-state index in [4.69, 9.17) is 0 Å². The highest BCUT2D eigenvalue weighted by atomic mass is 32.1. The van der Waals surface area contributed by atoms with Gasteiger partial charge in [0.2, 0.25) is 0 Å². The molecule has 0 spiro atoms. The summed E-state index contributed by atoms with van der Waals surface area (Å²) in [4.78, 5) is 15.9. The zero-order valence-corrected chi connectivity index (χ0v) is 12.2. The predicted molar refractivity (Wildman–Crippen MR) is 76.0 cm³/mol. The molecule has 3 heterocycles. The highest BCUT2D eigenvalue weighted by Gasteiger charge is 2.27. The van der Waals surface area contributed by atoms with E-state index in [1.165, 1.54) is 18.5 Å². The van der Waals surface area contributed by atoms with Crippen LogP contribution in [-0.4, -0.2) is 26.4 Å². The van der Waals surface area contributed by atoms with Crippen LogP contribution in [0.1, 0.15) is 41.0 Å². The number of likely N-dealkylation sites (tertiary alicyclic amines) is 1. The van der Waals surface area contributed by atoms with E-state index in [1.807, 2.05) is 19.3 Å². The van der Waals surface area contributed by atoms with E-state index in [-0.39, 0.29) is 0 Å². The van der Waals surface area contributed by atoms with Gasteiger partial charge in [-0.2, -0.15) is 0 Å². The first kappa shape index (κ1) is 12.7. The molecular weight excluding hydrogens is 256 g/mol. The van der Waals surface area contributed by atoms with Gasteiger partial charge in [0.25, 0.3) is 0 Å². The van der Waals surface area contributed by atoms with Crippen molar-refractivity contribution in [3.63, 3.8) is 0 Å². The van der Waals surface area contributed by atoms with Crippen LogP contribution in [0.5, 0.6) is 0 Å². The fourth-order valence-corrected chi connectivity index (χ4v) is 3.29. The van der Waals surface area contributed by atoms with Crippen LogP contribution in [-0.2, 0) is 6.54 Å². The number of aryl methyl sites for hydroxylation is 2. The lowest BCUT2D eigenvalue weighted by molar-refractivity contribution is 0.241. The van der Waals surface area contributed by atoms with Crippen LogP contribution in [0, 0.1) is 13.8 Å². The average Bonchev–Trinajstić information content (AvgIpc) is 2.99. The number of aromatic nitrogens is 3. The van der Waals surface area contributed by atoms with Gasteiger partial charge in [-0.1, -0.05) is 0 Å². The molecule has 0 bridgehead atoms. The molecule has 2 aromatic heterocycles. The van der Waals surface area contributed by atoms with Gasteiger partial charge in [-0.3, -0.25) is 14.9 Å². The van der Waals surface area contributed by atoms with Crippen molar-refractivity contribution in [2.24, 2.45) is 0 Å². The van der Waals surface area contributed by atoms with E-state index in [9.17, 15) is 0 Å². The monoisotopic (exact) mass is 274 g/mol. The van der Waals surface area contributed by atoms with Crippen LogP contribution >= 0.6 is 11.3 Å². The van der Waals surface area contributed by atoms with Gasteiger partial charge in [-0.15, -0.1) is 11.3 Å². The molecule has 1 aliphatic rings. The Morgan fingerprint density at radius 1 is 1.32 bits per heavy atom. The van der Waals surface area contributed by atoms with E-state index in [0.717, 1.165) is 29.5 Å². The van der Waals surface area contributed by atoms with E-state index in [0.29, 0.717) is 6.04 Å². The van der Waals surface area contributed by atoms with Crippen molar-refractivity contribution in [3.8, 4) is 0 Å². The van der Waals surface area contributed by atoms with E-state index in [1.54, 1.807) is 11.3 Å². The number of hydrogen-bond acceptors (Lipinski definition) is 5. The zero-order valence-electron chi connectivity index (χ0n) is 11.3. The fraction of sp³-hybridized carbons (Fsp3) is 0.500. The Morgan fingerprint density at radius 3 is 2.95 bits per heavy atom. The molecule has 0 aromatic carbocycles. The molecule has 0 saturated carbocycles. The molecule has 3 rings (SSSR count). The molecule has 0 radical (unpaired) electrons. The average molecular weight is 274 g/mol. The Labute approximate surface area is 117 Å². The molecule has 5 heteroatoms. The summed E-state index contributed by atoms with van der Waals surface area (Å²) in [5, 5.41) is 3.30. The van der Waals surface area contributed by atoms with Gasteiger partial charge in [-0.25, -0.2) is 4.98 Å². The second-order valence-electron chi connectivity index (χ2n) is 5.07. The molecule has 19 heavy (non-hydrogen) atoms. The lowest BCUT2D eigenvalue weighted by Crippen LogP contribution is -2.24. The molecule has 0 N–H and O–H groups in total. The Morgan fingerprint density at radius 2 is 2.21 bits per heavy atom. The summed E-state index contributed by atoms with van der Waals surface area (Å²) in [6.45, 7) is 6.10. The van der Waals surface area contributed by atoms with Gasteiger partial charge in [-0.05, 0) is 33.2 Å². The Hall–Kier alpha value is -1.33. The van der Waals surface area contributed by atoms with Crippen LogP contribution in [0.4, 0.5) is 0 Å². The lowest BCUT2D eigenvalue weighted by Gasteiger charge is -2.23. The van der Waals surface area contributed by atoms with Crippen molar-refractivity contribution in [2.45, 2.75) is 39.3 Å². The van der Waals surface area contributed by atoms with Crippen LogP contribution in [0.3, 0.4) is 0 Å². The second-order valence-corrected chi connectivity index (χ2v) is 6.13. The van der Waals surface area contributed by atoms with Gasteiger partial charge < -0.3 is 0 Å². The predicted octanol–water partition coefficient (Wildman–Crippen LogP) is 2.89. The van der Waals surface area contributed by atoms with Gasteiger partial charge in [0.05, 0.1) is 28.1 Å². The molecule has 0 aliphatic carbocycles. The topological polar surface area (TPSA) is 41.9 Å². The highest BCUT2D eigenvalue weighted by molar-refractivity contribution is 7.09. The second kappa shape index (κ2) is 5.35. The molecule has 100 valence electrons. The van der Waals surface area contributed by atoms with Gasteiger partial charge >= 0.3 is 0 Å². The molecule has 1 unspecified atom stereocenters. The van der Waals surface area contributed by atoms with Gasteiger partial charge in [0.1, 0.15) is 0 Å². The van der Waals surface area contributed by atoms with Crippen molar-refractivity contribution >= 4 is 11.3 Å². The van der Waals surface area contributed by atoms with Gasteiger partial charge in [0, 0.05) is 24.3 Å². The third-order valence-electron chi connectivity index (χ3n) is 3.51. The third kappa shape index (κ3) is 2.82. The Balaban J connectivity index is 1.78. The lowest BCUT2D eigenvalue weighted by atomic mass is 10.1. The minimum Gasteiger partial charge on any atom is -0.289 e. The molecule has 2 aromatic rings. The van der Waals surface area contributed by atoms with Crippen LogP contribution in [0.15, 0.2) is 17.8 Å². The van der Waals surface area contributed by atoms with Crippen LogP contribution < -0.4 is 0 Å². The SMILES string of the molecule is Cc1cncc(C2CCCN2Cc2csc(C)n2)n1. The summed E-state index contributed by atoms with van der Waals surface area (Å²) >= 11 is 1.72. The van der Waals surface area contributed by atoms with Crippen molar-refractivity contribution in [3.05, 3.63) is 39.9 Å². The summed E-state index contributed by atoms with van der Waals surface area (Å²) in [6, 6.07) is 0.398. The maximum absolute atomic E-state index is 4.63. The Kier molecular flexibility index (Phi) is 3.57. The smallest absolute Gasteiger partial charge is 0.0897 e. The maximum atomic E-state index is 4.63. The fourth-order valence-electron chi connectivity index (χ4n) is 2.68. The molecule has 4 nitrogen and oxygen atoms in total. The quantitative estimate of drug-likeness (QED) is 0.863. The highest BCUT2D eigenvalue weighted by Crippen LogP contribution is 2.31. The maximum Gasteiger partial charge on any atom is 0.0897 e. The first-order chi connectivity index (χ1) is 9.22. The van der Waals surface area contributed by atoms with Crippen molar-refractivity contribution in [2.75, 3.05) is 6.54 Å². The normalized spacial score (nSPS) is 20.0. The van der Waals surface area contributed by atoms with Crippen LogP contribution in [0.2, 0.25) is 0 Å². The number of nitrogens with zero attached hydrogens (tertiary/aromatic N) is 4. The summed E-state index contributed by atoms with van der Waals surface area (Å²) in [7, 11) is 0. The van der Waals surface area contributed by atoms with E-state index < -0.39 is 0 Å². The summed E-state index contributed by atoms with van der Waals surface area (Å²) < 4.78 is 0. The van der Waals surface area contributed by atoms with Crippen molar-refractivity contribution < 1.29 is 0 Å². The minimum absolute atomic E-state index is 0.398. The summed E-state index contributed by atoms with van der Waals surface area (Å²) in [5.74, 6) is 0. The standard InChI is InChI=1S/C14H18N4S/c1-10-6-15-7-13(16-10)14-4-3-5-18(14)8-12-9-19-11(2)17-12/h6-7,9,14H,3-5,8H2,1-2H3. The van der Waals surface area contributed by atoms with Crippen molar-refractivity contribution in [1.29, 1.82) is 0 Å². The molecule has 1 fully saturated rings. The van der Waals surface area contributed by atoms with E-state index in [2.05, 4.69) is 32.2 Å². The summed E-state index contributed by atoms with van der Waals surface area (Å²) in [5.41, 5.74) is 3.27. The first-order valence-corrected chi connectivity index (χ1v) is 7.54. The molecular formula is C14H18N4S. The first-order valence-electron chi connectivity index (χ1n) is 6.66. The van der Waals surface area contributed by atoms with E-state index >= 15 is 0 Å². The Bertz CT molecular complexity index is 566. The van der Waals surface area contributed by atoms with Crippen LogP contribution in [0.25, 0.3) is 0 Å². The molecule has 1 saturated heterocycles. The minimum atomic E-state index is 0.398.